The van der Waals surface area contributed by atoms with Crippen molar-refractivity contribution in [1.82, 2.24) is 5.32 Å². The highest BCUT2D eigenvalue weighted by atomic mass is 32.1. The largest absolute Gasteiger partial charge is 0.478 e. The van der Waals surface area contributed by atoms with Crippen molar-refractivity contribution in [2.45, 2.75) is 25.3 Å². The molecule has 0 radical (unpaired) electrons. The summed E-state index contributed by atoms with van der Waals surface area (Å²) >= 11 is 1.37. The van der Waals surface area contributed by atoms with Crippen LogP contribution in [0.2, 0.25) is 0 Å². The van der Waals surface area contributed by atoms with Gasteiger partial charge in [0.15, 0.2) is 0 Å². The molecule has 0 aromatic carbocycles. The Labute approximate surface area is 126 Å². The molecule has 1 heterocycles. The van der Waals surface area contributed by atoms with Crippen LogP contribution in [0.5, 0.6) is 0 Å². The number of hydrogen-bond donors (Lipinski definition) is 2. The number of amides is 1. The van der Waals surface area contributed by atoms with Gasteiger partial charge in [-0.25, -0.2) is 4.79 Å². The predicted molar refractivity (Wildman–Crippen MR) is 80.1 cm³/mol. The molecule has 1 aromatic rings. The van der Waals surface area contributed by atoms with Crippen LogP contribution in [0.1, 0.15) is 34.5 Å². The van der Waals surface area contributed by atoms with Crippen LogP contribution in [-0.4, -0.2) is 23.0 Å². The van der Waals surface area contributed by atoms with E-state index < -0.39 is 5.97 Å². The van der Waals surface area contributed by atoms with Gasteiger partial charge >= 0.3 is 5.97 Å². The van der Waals surface area contributed by atoms with Crippen molar-refractivity contribution in [3.63, 3.8) is 0 Å². The normalized spacial score (nSPS) is 35.9. The second-order valence-electron chi connectivity index (χ2n) is 6.36. The number of carbonyl (C=O) groups excluding carboxylic acids is 1. The lowest BCUT2D eigenvalue weighted by atomic mass is 10.0. The van der Waals surface area contributed by atoms with E-state index >= 15 is 0 Å². The molecular weight excluding hydrogens is 286 g/mol. The van der Waals surface area contributed by atoms with E-state index in [9.17, 15) is 9.59 Å². The van der Waals surface area contributed by atoms with Gasteiger partial charge in [0, 0.05) is 12.1 Å². The summed E-state index contributed by atoms with van der Waals surface area (Å²) in [5, 5.41) is 13.7. The van der Waals surface area contributed by atoms with Crippen LogP contribution in [-0.2, 0) is 4.79 Å². The van der Waals surface area contributed by atoms with E-state index in [4.69, 9.17) is 5.11 Å². The quantitative estimate of drug-likeness (QED) is 0.840. The predicted octanol–water partition coefficient (Wildman–Crippen LogP) is 2.62. The summed E-state index contributed by atoms with van der Waals surface area (Å²) in [5.74, 6) is 2.05. The molecule has 4 rings (SSSR count). The number of aliphatic carboxylic acids is 1. The van der Waals surface area contributed by atoms with E-state index in [1.165, 1.54) is 36.7 Å². The van der Waals surface area contributed by atoms with E-state index in [1.807, 2.05) is 5.38 Å². The van der Waals surface area contributed by atoms with E-state index in [-0.39, 0.29) is 5.91 Å². The zero-order valence-electron chi connectivity index (χ0n) is 11.5. The van der Waals surface area contributed by atoms with Crippen molar-refractivity contribution in [3.05, 3.63) is 28.0 Å². The molecule has 3 aliphatic carbocycles. The Hall–Kier alpha value is -1.62. The third kappa shape index (κ3) is 2.11. The Balaban J connectivity index is 1.45. The van der Waals surface area contributed by atoms with Gasteiger partial charge in [-0.1, -0.05) is 0 Å². The molecule has 4 atom stereocenters. The lowest BCUT2D eigenvalue weighted by molar-refractivity contribution is -0.131. The zero-order chi connectivity index (χ0) is 14.6. The minimum Gasteiger partial charge on any atom is -0.478 e. The number of rotatable bonds is 4. The summed E-state index contributed by atoms with van der Waals surface area (Å²) < 4.78 is 0. The minimum atomic E-state index is -0.999. The van der Waals surface area contributed by atoms with Crippen molar-refractivity contribution < 1.29 is 14.7 Å². The summed E-state index contributed by atoms with van der Waals surface area (Å²) in [7, 11) is 0. The van der Waals surface area contributed by atoms with E-state index in [0.29, 0.717) is 28.3 Å². The first-order chi connectivity index (χ1) is 10.1. The summed E-state index contributed by atoms with van der Waals surface area (Å²) in [5.41, 5.74) is 0.689. The maximum Gasteiger partial charge on any atom is 0.328 e. The third-order valence-corrected chi connectivity index (χ3v) is 6.27. The molecule has 4 unspecified atom stereocenters. The highest BCUT2D eigenvalue weighted by molar-refractivity contribution is 7.12. The average Bonchev–Trinajstić information content (AvgIpc) is 2.91. The Morgan fingerprint density at radius 1 is 1.29 bits per heavy atom. The van der Waals surface area contributed by atoms with Crippen LogP contribution in [0.25, 0.3) is 6.08 Å². The molecule has 0 spiro atoms. The van der Waals surface area contributed by atoms with Crippen LogP contribution in [0.4, 0.5) is 0 Å². The first-order valence-corrected chi connectivity index (χ1v) is 8.32. The molecule has 5 heteroatoms. The smallest absolute Gasteiger partial charge is 0.328 e. The van der Waals surface area contributed by atoms with E-state index in [2.05, 4.69) is 5.32 Å². The fourth-order valence-electron chi connectivity index (χ4n) is 4.53. The SMILES string of the molecule is O=C(O)/C=C/c1ccsc1C(=O)NC1C2C3CCC(C3)C12. The topological polar surface area (TPSA) is 66.4 Å². The summed E-state index contributed by atoms with van der Waals surface area (Å²) in [6.07, 6.45) is 6.61. The van der Waals surface area contributed by atoms with Crippen LogP contribution >= 0.6 is 11.3 Å². The van der Waals surface area contributed by atoms with Gasteiger partial charge in [0.1, 0.15) is 0 Å². The van der Waals surface area contributed by atoms with Gasteiger partial charge in [0.2, 0.25) is 0 Å². The molecule has 4 nitrogen and oxygen atoms in total. The van der Waals surface area contributed by atoms with E-state index in [1.54, 1.807) is 6.07 Å². The molecule has 3 saturated carbocycles. The molecule has 2 bridgehead atoms. The Morgan fingerprint density at radius 2 is 2.00 bits per heavy atom. The van der Waals surface area contributed by atoms with Gasteiger partial charge in [-0.15, -0.1) is 11.3 Å². The number of carboxylic acid groups (broad SMARTS) is 1. The molecule has 1 amide bonds. The molecular formula is C16H17NO3S. The maximum atomic E-state index is 12.4. The Kier molecular flexibility index (Phi) is 2.92. The first-order valence-electron chi connectivity index (χ1n) is 7.44. The van der Waals surface area contributed by atoms with E-state index in [0.717, 1.165) is 17.9 Å². The second kappa shape index (κ2) is 4.70. The number of hydrogen-bond acceptors (Lipinski definition) is 3. The van der Waals surface area contributed by atoms with Gasteiger partial charge in [0.05, 0.1) is 4.88 Å². The number of carboxylic acids is 1. The van der Waals surface area contributed by atoms with Crippen LogP contribution in [0.15, 0.2) is 17.5 Å². The number of carbonyl (C=O) groups is 2. The van der Waals surface area contributed by atoms with Gasteiger partial charge < -0.3 is 10.4 Å². The molecule has 110 valence electrons. The highest BCUT2D eigenvalue weighted by Crippen LogP contribution is 2.65. The highest BCUT2D eigenvalue weighted by Gasteiger charge is 2.65. The molecule has 1 aromatic heterocycles. The second-order valence-corrected chi connectivity index (χ2v) is 7.28. The van der Waals surface area contributed by atoms with Gasteiger partial charge in [0.25, 0.3) is 5.91 Å². The summed E-state index contributed by atoms with van der Waals surface area (Å²) in [4.78, 5) is 23.6. The third-order valence-electron chi connectivity index (χ3n) is 5.34. The van der Waals surface area contributed by atoms with Crippen molar-refractivity contribution in [1.29, 1.82) is 0 Å². The number of thiophene rings is 1. The average molecular weight is 303 g/mol. The molecule has 3 fully saturated rings. The Bertz CT molecular complexity index is 619. The molecule has 2 N–H and O–H groups in total. The molecule has 0 saturated heterocycles. The Morgan fingerprint density at radius 3 is 2.67 bits per heavy atom. The van der Waals surface area contributed by atoms with Crippen LogP contribution in [0, 0.1) is 23.7 Å². The van der Waals surface area contributed by atoms with Gasteiger partial charge in [-0.05, 0) is 66.0 Å². The maximum absolute atomic E-state index is 12.4. The van der Waals surface area contributed by atoms with Crippen LogP contribution < -0.4 is 5.32 Å². The van der Waals surface area contributed by atoms with Gasteiger partial charge in [-0.2, -0.15) is 0 Å². The first kappa shape index (κ1) is 13.1. The van der Waals surface area contributed by atoms with Gasteiger partial charge in [-0.3, -0.25) is 4.79 Å². The lowest BCUT2D eigenvalue weighted by Gasteiger charge is -2.10. The fourth-order valence-corrected chi connectivity index (χ4v) is 5.32. The monoisotopic (exact) mass is 303 g/mol. The minimum absolute atomic E-state index is 0.0474. The van der Waals surface area contributed by atoms with Crippen molar-refractivity contribution in [2.75, 3.05) is 0 Å². The lowest BCUT2D eigenvalue weighted by Crippen LogP contribution is -2.29. The standard InChI is InChI=1S/C16H17NO3S/c18-11(19)4-3-8-5-6-21-15(8)16(20)17-14-12-9-1-2-10(7-9)13(12)14/h3-6,9-10,12-14H,1-2,7H2,(H,17,20)(H,18,19)/b4-3+. The zero-order valence-corrected chi connectivity index (χ0v) is 12.3. The molecule has 0 aliphatic heterocycles. The number of fused-ring (bicyclic) bond motifs is 5. The van der Waals surface area contributed by atoms with Crippen molar-refractivity contribution in [3.8, 4) is 0 Å². The fraction of sp³-hybridized carbons (Fsp3) is 0.500. The van der Waals surface area contributed by atoms with Crippen LogP contribution in [0.3, 0.4) is 0 Å². The van der Waals surface area contributed by atoms with Crippen molar-refractivity contribution >= 4 is 29.3 Å². The van der Waals surface area contributed by atoms with Crippen molar-refractivity contribution in [2.24, 2.45) is 23.7 Å². The summed E-state index contributed by atoms with van der Waals surface area (Å²) in [6, 6.07) is 2.15. The molecule has 3 aliphatic rings. The summed E-state index contributed by atoms with van der Waals surface area (Å²) in [6.45, 7) is 0. The number of nitrogens with one attached hydrogen (secondary N) is 1. The molecule has 21 heavy (non-hydrogen) atoms.